The van der Waals surface area contributed by atoms with Crippen molar-refractivity contribution in [1.29, 1.82) is 0 Å². The van der Waals surface area contributed by atoms with Gasteiger partial charge in [-0.3, -0.25) is 4.79 Å². The van der Waals surface area contributed by atoms with Crippen molar-refractivity contribution in [1.82, 2.24) is 5.32 Å². The Balaban J connectivity index is 2.82. The van der Waals surface area contributed by atoms with E-state index in [1.807, 2.05) is 6.07 Å². The summed E-state index contributed by atoms with van der Waals surface area (Å²) in [4.78, 5) is 23.0. The monoisotopic (exact) mass is 255 g/mol. The van der Waals surface area contributed by atoms with E-state index in [1.54, 1.807) is 31.2 Å². The molecule has 92 valence electrons. The molecule has 5 heteroatoms. The molecule has 0 aliphatic heterocycles. The highest BCUT2D eigenvalue weighted by atomic mass is 35.5. The fraction of sp³-hybridized carbons (Fsp3) is 0.333. The quantitative estimate of drug-likeness (QED) is 0.822. The lowest BCUT2D eigenvalue weighted by Gasteiger charge is -2.16. The molecular weight excluding hydrogens is 242 g/mol. The second kappa shape index (κ2) is 6.91. The molecule has 0 saturated heterocycles. The SMILES string of the molecule is CCOC(=O)NC(C(=O)CCl)c1ccccc1. The Morgan fingerprint density at radius 2 is 2.00 bits per heavy atom. The first-order valence-electron chi connectivity index (χ1n) is 5.26. The van der Waals surface area contributed by atoms with Gasteiger partial charge in [-0.25, -0.2) is 4.79 Å². The van der Waals surface area contributed by atoms with Gasteiger partial charge in [0.2, 0.25) is 0 Å². The predicted molar refractivity (Wildman–Crippen MR) is 65.1 cm³/mol. The molecule has 1 rings (SSSR count). The van der Waals surface area contributed by atoms with Crippen molar-refractivity contribution < 1.29 is 14.3 Å². The maximum absolute atomic E-state index is 11.6. The average molecular weight is 256 g/mol. The van der Waals surface area contributed by atoms with Crippen LogP contribution in [0.1, 0.15) is 18.5 Å². The smallest absolute Gasteiger partial charge is 0.407 e. The molecule has 0 aromatic heterocycles. The Labute approximate surface area is 105 Å². The Bertz CT molecular complexity index is 381. The van der Waals surface area contributed by atoms with Gasteiger partial charge in [0.15, 0.2) is 5.78 Å². The number of ketones is 1. The number of alkyl halides is 1. The number of alkyl carbamates (subject to hydrolysis) is 1. The molecule has 1 atom stereocenters. The van der Waals surface area contributed by atoms with Crippen LogP contribution in [0.5, 0.6) is 0 Å². The molecule has 1 N–H and O–H groups in total. The summed E-state index contributed by atoms with van der Waals surface area (Å²) in [5.74, 6) is -0.433. The molecule has 1 amide bonds. The second-order valence-electron chi connectivity index (χ2n) is 3.31. The van der Waals surface area contributed by atoms with E-state index < -0.39 is 12.1 Å². The third kappa shape index (κ3) is 4.07. The van der Waals surface area contributed by atoms with Crippen LogP contribution >= 0.6 is 11.6 Å². The minimum Gasteiger partial charge on any atom is -0.450 e. The van der Waals surface area contributed by atoms with Crippen LogP contribution in [0, 0.1) is 0 Å². The van der Waals surface area contributed by atoms with E-state index in [2.05, 4.69) is 5.32 Å². The Hall–Kier alpha value is -1.55. The van der Waals surface area contributed by atoms with Crippen molar-refractivity contribution in [3.05, 3.63) is 35.9 Å². The summed E-state index contributed by atoms with van der Waals surface area (Å²) in [7, 11) is 0. The van der Waals surface area contributed by atoms with Gasteiger partial charge in [0.25, 0.3) is 0 Å². The Morgan fingerprint density at radius 3 is 2.53 bits per heavy atom. The molecule has 4 nitrogen and oxygen atoms in total. The minimum atomic E-state index is -0.757. The Kier molecular flexibility index (Phi) is 5.49. The van der Waals surface area contributed by atoms with Crippen LogP contribution in [0.15, 0.2) is 30.3 Å². The van der Waals surface area contributed by atoms with Crippen LogP contribution in [-0.4, -0.2) is 24.4 Å². The van der Waals surface area contributed by atoms with E-state index in [-0.39, 0.29) is 18.3 Å². The lowest BCUT2D eigenvalue weighted by atomic mass is 10.0. The molecule has 0 saturated carbocycles. The normalized spacial score (nSPS) is 11.6. The summed E-state index contributed by atoms with van der Waals surface area (Å²) >= 11 is 5.52. The molecule has 1 unspecified atom stereocenters. The van der Waals surface area contributed by atoms with Crippen LogP contribution in [0.4, 0.5) is 4.79 Å². The molecule has 1 aromatic rings. The van der Waals surface area contributed by atoms with E-state index >= 15 is 0 Å². The number of rotatable bonds is 5. The van der Waals surface area contributed by atoms with Crippen LogP contribution in [0.25, 0.3) is 0 Å². The molecule has 0 aliphatic rings. The number of carbonyl (C=O) groups is 2. The standard InChI is InChI=1S/C12H14ClNO3/c1-2-17-12(16)14-11(10(15)8-13)9-6-4-3-5-7-9/h3-7,11H,2,8H2,1H3,(H,14,16). The van der Waals surface area contributed by atoms with E-state index in [1.165, 1.54) is 0 Å². The number of hydrogen-bond donors (Lipinski definition) is 1. The van der Waals surface area contributed by atoms with Gasteiger partial charge in [-0.15, -0.1) is 11.6 Å². The third-order valence-corrected chi connectivity index (χ3v) is 2.39. The summed E-state index contributed by atoms with van der Waals surface area (Å²) in [5, 5.41) is 2.49. The minimum absolute atomic E-state index is 0.161. The lowest BCUT2D eigenvalue weighted by molar-refractivity contribution is -0.118. The van der Waals surface area contributed by atoms with Crippen molar-refractivity contribution in [3.8, 4) is 0 Å². The maximum atomic E-state index is 11.6. The van der Waals surface area contributed by atoms with Gasteiger partial charge in [0.05, 0.1) is 12.5 Å². The average Bonchev–Trinajstić information content (AvgIpc) is 2.36. The highest BCUT2D eigenvalue weighted by Crippen LogP contribution is 2.14. The van der Waals surface area contributed by atoms with E-state index in [0.29, 0.717) is 5.56 Å². The van der Waals surface area contributed by atoms with Crippen LogP contribution < -0.4 is 5.32 Å². The van der Waals surface area contributed by atoms with Gasteiger partial charge >= 0.3 is 6.09 Å². The molecule has 17 heavy (non-hydrogen) atoms. The predicted octanol–water partition coefficient (Wildman–Crippen LogP) is 2.28. The van der Waals surface area contributed by atoms with Crippen molar-refractivity contribution in [2.24, 2.45) is 0 Å². The van der Waals surface area contributed by atoms with E-state index in [4.69, 9.17) is 16.3 Å². The fourth-order valence-corrected chi connectivity index (χ4v) is 1.52. The highest BCUT2D eigenvalue weighted by molar-refractivity contribution is 6.28. The number of nitrogens with one attached hydrogen (secondary N) is 1. The van der Waals surface area contributed by atoms with Gasteiger partial charge in [-0.05, 0) is 12.5 Å². The first-order valence-corrected chi connectivity index (χ1v) is 5.79. The number of hydrogen-bond acceptors (Lipinski definition) is 3. The first kappa shape index (κ1) is 13.5. The number of benzene rings is 1. The van der Waals surface area contributed by atoms with Crippen molar-refractivity contribution in [3.63, 3.8) is 0 Å². The van der Waals surface area contributed by atoms with E-state index in [0.717, 1.165) is 0 Å². The van der Waals surface area contributed by atoms with Crippen LogP contribution in [0.2, 0.25) is 0 Å². The third-order valence-electron chi connectivity index (χ3n) is 2.12. The number of carbonyl (C=O) groups excluding carboxylic acids is 2. The zero-order valence-corrected chi connectivity index (χ0v) is 10.2. The van der Waals surface area contributed by atoms with Gasteiger partial charge < -0.3 is 10.1 Å². The summed E-state index contributed by atoms with van der Waals surface area (Å²) in [6.45, 7) is 1.95. The maximum Gasteiger partial charge on any atom is 0.407 e. The molecule has 0 radical (unpaired) electrons. The molecule has 0 bridgehead atoms. The summed E-state index contributed by atoms with van der Waals surface area (Å²) in [5.41, 5.74) is 0.686. The van der Waals surface area contributed by atoms with Gasteiger partial charge in [-0.1, -0.05) is 30.3 Å². The molecule has 0 fully saturated rings. The van der Waals surface area contributed by atoms with E-state index in [9.17, 15) is 9.59 Å². The zero-order valence-electron chi connectivity index (χ0n) is 9.48. The fourth-order valence-electron chi connectivity index (χ4n) is 1.36. The molecular formula is C12H14ClNO3. The number of ether oxygens (including phenoxy) is 1. The van der Waals surface area contributed by atoms with Crippen molar-refractivity contribution in [2.75, 3.05) is 12.5 Å². The summed E-state index contributed by atoms with van der Waals surface area (Å²) in [6, 6.07) is 8.15. The summed E-state index contributed by atoms with van der Waals surface area (Å²) in [6.07, 6.45) is -0.625. The molecule has 0 spiro atoms. The first-order chi connectivity index (χ1) is 8.19. The summed E-state index contributed by atoms with van der Waals surface area (Å²) < 4.78 is 4.74. The highest BCUT2D eigenvalue weighted by Gasteiger charge is 2.21. The lowest BCUT2D eigenvalue weighted by Crippen LogP contribution is -2.34. The van der Waals surface area contributed by atoms with Crippen LogP contribution in [0.3, 0.4) is 0 Å². The molecule has 0 aliphatic carbocycles. The Morgan fingerprint density at radius 1 is 1.35 bits per heavy atom. The topological polar surface area (TPSA) is 55.4 Å². The van der Waals surface area contributed by atoms with Gasteiger partial charge in [-0.2, -0.15) is 0 Å². The van der Waals surface area contributed by atoms with Gasteiger partial charge in [0, 0.05) is 0 Å². The van der Waals surface area contributed by atoms with Crippen LogP contribution in [-0.2, 0) is 9.53 Å². The van der Waals surface area contributed by atoms with Gasteiger partial charge in [0.1, 0.15) is 6.04 Å². The number of Topliss-reactive ketones (excluding diaryl/α,β-unsaturated/α-hetero) is 1. The zero-order chi connectivity index (χ0) is 12.7. The van der Waals surface area contributed by atoms with Crippen molar-refractivity contribution >= 4 is 23.5 Å². The number of amides is 1. The second-order valence-corrected chi connectivity index (χ2v) is 3.58. The molecule has 1 aromatic carbocycles. The molecule has 0 heterocycles. The van der Waals surface area contributed by atoms with Crippen molar-refractivity contribution in [2.45, 2.75) is 13.0 Å². The largest absolute Gasteiger partial charge is 0.450 e. The number of halogens is 1.